The molecule has 0 saturated heterocycles. The summed E-state index contributed by atoms with van der Waals surface area (Å²) >= 11 is 0. The standard InChI is InChI=1S/C32H26NO9P/c1-18-14-22(31(35)36)15-19(2)30(18)41-32(37)29-24-6-4-5-7-26(24)33(3)27-17-21(10-13-25(27)29)28(42-43(38,39)40)16-20-8-11-23(34)12-9-20/h4-17H,1-3H3,(H3,35,36,38,39,40)/p+1. The second-order valence-corrected chi connectivity index (χ2v) is 11.2. The molecule has 0 bridgehead atoms. The van der Waals surface area contributed by atoms with Crippen molar-refractivity contribution in [2.45, 2.75) is 13.8 Å². The highest BCUT2D eigenvalue weighted by Gasteiger charge is 2.27. The number of phenolic OH excluding ortho intramolecular Hbond substituents is 1. The summed E-state index contributed by atoms with van der Waals surface area (Å²) in [6.45, 7) is 3.33. The summed E-state index contributed by atoms with van der Waals surface area (Å²) in [7, 11) is -3.16. The first-order valence-corrected chi connectivity index (χ1v) is 14.5. The lowest BCUT2D eigenvalue weighted by atomic mass is 9.99. The lowest BCUT2D eigenvalue weighted by Crippen LogP contribution is -2.31. The highest BCUT2D eigenvalue weighted by Crippen LogP contribution is 2.43. The normalized spacial score (nSPS) is 12.0. The summed E-state index contributed by atoms with van der Waals surface area (Å²) in [5, 5.41) is 20.1. The maximum atomic E-state index is 13.8. The van der Waals surface area contributed by atoms with E-state index < -0.39 is 19.8 Å². The molecule has 0 spiro atoms. The van der Waals surface area contributed by atoms with Crippen LogP contribution in [0.15, 0.2) is 78.9 Å². The molecule has 1 aromatic heterocycles. The summed E-state index contributed by atoms with van der Waals surface area (Å²) in [5.74, 6) is -1.58. The molecule has 4 aromatic carbocycles. The summed E-state index contributed by atoms with van der Waals surface area (Å²) < 4.78 is 24.7. The van der Waals surface area contributed by atoms with E-state index in [9.17, 15) is 34.2 Å². The van der Waals surface area contributed by atoms with Gasteiger partial charge in [0, 0.05) is 17.7 Å². The number of pyridine rings is 1. The van der Waals surface area contributed by atoms with Gasteiger partial charge in [-0.3, -0.25) is 9.79 Å². The van der Waals surface area contributed by atoms with Crippen LogP contribution in [-0.4, -0.2) is 31.9 Å². The van der Waals surface area contributed by atoms with Crippen LogP contribution in [0.4, 0.5) is 0 Å². The van der Waals surface area contributed by atoms with Gasteiger partial charge in [0.05, 0.1) is 21.9 Å². The van der Waals surface area contributed by atoms with E-state index in [1.54, 1.807) is 63.4 Å². The van der Waals surface area contributed by atoms with E-state index in [4.69, 9.17) is 9.26 Å². The minimum atomic E-state index is -4.96. The fourth-order valence-corrected chi connectivity index (χ4v) is 5.45. The van der Waals surface area contributed by atoms with E-state index in [0.717, 1.165) is 0 Å². The number of hydrogen-bond acceptors (Lipinski definition) is 6. The summed E-state index contributed by atoms with van der Waals surface area (Å²) in [4.78, 5) is 44.6. The number of esters is 1. The predicted octanol–water partition coefficient (Wildman–Crippen LogP) is 5.66. The Kier molecular flexibility index (Phi) is 7.77. The zero-order chi connectivity index (χ0) is 31.1. The van der Waals surface area contributed by atoms with Crippen molar-refractivity contribution in [2.24, 2.45) is 7.05 Å². The Labute approximate surface area is 245 Å². The first kappa shape index (κ1) is 29.5. The number of carboxylic acid groups (broad SMARTS) is 1. The molecule has 10 nitrogen and oxygen atoms in total. The highest BCUT2D eigenvalue weighted by molar-refractivity contribution is 7.46. The van der Waals surface area contributed by atoms with Crippen LogP contribution in [0.5, 0.6) is 11.5 Å². The van der Waals surface area contributed by atoms with Gasteiger partial charge in [-0.25, -0.2) is 14.2 Å². The lowest BCUT2D eigenvalue weighted by molar-refractivity contribution is -0.617. The monoisotopic (exact) mass is 600 g/mol. The number of aromatic hydroxyl groups is 1. The van der Waals surface area contributed by atoms with Crippen LogP contribution in [0, 0.1) is 13.8 Å². The molecule has 0 radical (unpaired) electrons. The van der Waals surface area contributed by atoms with Gasteiger partial charge in [0.15, 0.2) is 0 Å². The Morgan fingerprint density at radius 2 is 1.47 bits per heavy atom. The van der Waals surface area contributed by atoms with Crippen molar-refractivity contribution in [1.82, 2.24) is 0 Å². The van der Waals surface area contributed by atoms with Crippen molar-refractivity contribution in [3.05, 3.63) is 112 Å². The van der Waals surface area contributed by atoms with Gasteiger partial charge in [0.25, 0.3) is 0 Å². The van der Waals surface area contributed by atoms with Crippen LogP contribution in [-0.2, 0) is 16.1 Å². The topological polar surface area (TPSA) is 154 Å². The number of fused-ring (bicyclic) bond motifs is 2. The van der Waals surface area contributed by atoms with Crippen LogP contribution in [0.25, 0.3) is 33.6 Å². The van der Waals surface area contributed by atoms with E-state index in [1.165, 1.54) is 30.3 Å². The number of carbonyl (C=O) groups is 2. The van der Waals surface area contributed by atoms with Crippen molar-refractivity contribution < 1.29 is 48.0 Å². The lowest BCUT2D eigenvalue weighted by Gasteiger charge is -2.15. The number of carbonyl (C=O) groups excluding carboxylic acids is 1. The quantitative estimate of drug-likeness (QED) is 0.0352. The highest BCUT2D eigenvalue weighted by atomic mass is 31.2. The molecule has 0 aliphatic heterocycles. The molecule has 1 heterocycles. The average molecular weight is 601 g/mol. The number of rotatable bonds is 7. The largest absolute Gasteiger partial charge is 0.524 e. The second-order valence-electron chi connectivity index (χ2n) is 10.00. The van der Waals surface area contributed by atoms with Gasteiger partial charge in [-0.2, -0.15) is 4.57 Å². The minimum absolute atomic E-state index is 0.0295. The van der Waals surface area contributed by atoms with Crippen LogP contribution < -0.4 is 9.30 Å². The SMILES string of the molecule is Cc1cc(C(=O)O)cc(C)c1OC(=O)c1c2ccccc2[n+](C)c2cc(/C(=C/c3ccc(O)cc3)OP(=O)(O)O)ccc12. The van der Waals surface area contributed by atoms with Gasteiger partial charge in [0.1, 0.15) is 24.3 Å². The molecular weight excluding hydrogens is 573 g/mol. The molecule has 43 heavy (non-hydrogen) atoms. The van der Waals surface area contributed by atoms with Crippen molar-refractivity contribution in [1.29, 1.82) is 0 Å². The predicted molar refractivity (Wildman–Crippen MR) is 160 cm³/mol. The molecule has 0 saturated carbocycles. The molecule has 4 N–H and O–H groups in total. The third kappa shape index (κ3) is 6.12. The minimum Gasteiger partial charge on any atom is -0.508 e. The van der Waals surface area contributed by atoms with Crippen LogP contribution in [0.1, 0.15) is 43.0 Å². The number of benzene rings is 4. The molecule has 0 fully saturated rings. The van der Waals surface area contributed by atoms with E-state index >= 15 is 0 Å². The van der Waals surface area contributed by atoms with Gasteiger partial charge in [-0.1, -0.05) is 30.3 Å². The Hall–Kier alpha value is -5.02. The fourth-order valence-electron chi connectivity index (χ4n) is 5.04. The fraction of sp³-hybridized carbons (Fsp3) is 0.0938. The third-order valence-electron chi connectivity index (χ3n) is 6.96. The molecule has 0 amide bonds. The van der Waals surface area contributed by atoms with Gasteiger partial charge in [-0.05, 0) is 73.0 Å². The Morgan fingerprint density at radius 3 is 2.09 bits per heavy atom. The molecule has 0 unspecified atom stereocenters. The van der Waals surface area contributed by atoms with Crippen LogP contribution >= 0.6 is 7.82 Å². The van der Waals surface area contributed by atoms with Gasteiger partial charge in [0.2, 0.25) is 11.0 Å². The summed E-state index contributed by atoms with van der Waals surface area (Å²) in [6.07, 6.45) is 1.43. The number of para-hydroxylation sites is 1. The third-order valence-corrected chi connectivity index (χ3v) is 7.40. The number of aromatic nitrogens is 1. The number of phosphoric ester groups is 1. The first-order valence-electron chi connectivity index (χ1n) is 13.0. The van der Waals surface area contributed by atoms with E-state index in [2.05, 4.69) is 0 Å². The number of aromatic carboxylic acids is 1. The molecular formula is C32H27NO9P+. The van der Waals surface area contributed by atoms with Crippen molar-refractivity contribution >= 4 is 53.4 Å². The van der Waals surface area contributed by atoms with Crippen LogP contribution in [0.2, 0.25) is 0 Å². The first-order chi connectivity index (χ1) is 20.3. The number of phenols is 1. The summed E-state index contributed by atoms with van der Waals surface area (Å²) in [6, 6.07) is 21.0. The van der Waals surface area contributed by atoms with Gasteiger partial charge in [-0.15, -0.1) is 0 Å². The van der Waals surface area contributed by atoms with Gasteiger partial charge < -0.3 is 19.5 Å². The zero-order valence-corrected chi connectivity index (χ0v) is 24.2. The second kappa shape index (κ2) is 11.3. The molecule has 218 valence electrons. The average Bonchev–Trinajstić information content (AvgIpc) is 2.95. The van der Waals surface area contributed by atoms with Crippen molar-refractivity contribution in [3.63, 3.8) is 0 Å². The van der Waals surface area contributed by atoms with E-state index in [-0.39, 0.29) is 28.4 Å². The maximum Gasteiger partial charge on any atom is 0.524 e. The molecule has 5 rings (SSSR count). The van der Waals surface area contributed by atoms with Crippen molar-refractivity contribution in [2.75, 3.05) is 0 Å². The molecule has 0 aliphatic rings. The number of phosphoric acid groups is 1. The van der Waals surface area contributed by atoms with E-state index in [1.807, 2.05) is 16.7 Å². The number of aryl methyl sites for hydroxylation is 3. The molecule has 0 atom stereocenters. The number of carboxylic acids is 1. The molecule has 0 aliphatic carbocycles. The van der Waals surface area contributed by atoms with Crippen molar-refractivity contribution in [3.8, 4) is 11.5 Å². The Bertz CT molecular complexity index is 1990. The number of hydrogen-bond donors (Lipinski definition) is 4. The maximum absolute atomic E-state index is 13.8. The number of ether oxygens (including phenoxy) is 1. The smallest absolute Gasteiger partial charge is 0.508 e. The summed E-state index contributed by atoms with van der Waals surface area (Å²) in [5.41, 5.74) is 3.40. The Balaban J connectivity index is 1.69. The van der Waals surface area contributed by atoms with E-state index in [0.29, 0.717) is 44.1 Å². The van der Waals surface area contributed by atoms with Crippen LogP contribution in [0.3, 0.4) is 0 Å². The number of nitrogens with zero attached hydrogens (tertiary/aromatic N) is 1. The van der Waals surface area contributed by atoms with Gasteiger partial charge >= 0.3 is 19.8 Å². The molecule has 11 heteroatoms. The zero-order valence-electron chi connectivity index (χ0n) is 23.3. The molecule has 5 aromatic rings. The Morgan fingerprint density at radius 1 is 0.837 bits per heavy atom.